The van der Waals surface area contributed by atoms with Gasteiger partial charge in [0.2, 0.25) is 10.0 Å². The van der Waals surface area contributed by atoms with Crippen LogP contribution in [0.4, 0.5) is 23.0 Å². The minimum Gasteiger partial charge on any atom is -0.483 e. The second kappa shape index (κ2) is 15.6. The first kappa shape index (κ1) is 37.9. The molecule has 1 fully saturated rings. The zero-order valence-corrected chi connectivity index (χ0v) is 31.1. The molecule has 274 valence electrons. The zero-order chi connectivity index (χ0) is 38.7. The van der Waals surface area contributed by atoms with Crippen LogP contribution in [0.3, 0.4) is 0 Å². The molecule has 2 aromatic heterocycles. The Bertz CT molecular complexity index is 2490. The van der Waals surface area contributed by atoms with Gasteiger partial charge >= 0.3 is 0 Å². The quantitative estimate of drug-likeness (QED) is 0.142. The molecule has 0 spiro atoms. The number of ether oxygens (including phenoxy) is 1. The third-order valence-corrected chi connectivity index (χ3v) is 9.78. The Morgan fingerprint density at radius 2 is 1.74 bits per heavy atom. The van der Waals surface area contributed by atoms with Crippen LogP contribution in [0, 0.1) is 25.2 Å². The van der Waals surface area contributed by atoms with Crippen molar-refractivity contribution in [3.05, 3.63) is 129 Å². The molecule has 7 rings (SSSR count). The number of nitrogens with two attached hydrogens (primary N) is 1. The molecule has 16 heteroatoms. The van der Waals surface area contributed by atoms with Crippen molar-refractivity contribution in [3.63, 3.8) is 0 Å². The Labute approximate surface area is 320 Å². The molecule has 13 nitrogen and oxygen atoms in total. The van der Waals surface area contributed by atoms with Crippen LogP contribution < -0.4 is 25.4 Å². The maximum absolute atomic E-state index is 13.1. The van der Waals surface area contributed by atoms with Gasteiger partial charge in [0.15, 0.2) is 18.2 Å². The van der Waals surface area contributed by atoms with Gasteiger partial charge in [-0.15, -0.1) is 0 Å². The van der Waals surface area contributed by atoms with Gasteiger partial charge in [-0.1, -0.05) is 23.2 Å². The summed E-state index contributed by atoms with van der Waals surface area (Å²) in [7, 11) is -3.87. The van der Waals surface area contributed by atoms with Gasteiger partial charge in [-0.25, -0.2) is 23.5 Å². The minimum atomic E-state index is -3.87. The molecule has 0 atom stereocenters. The summed E-state index contributed by atoms with van der Waals surface area (Å²) in [5.41, 5.74) is 3.73. The SMILES string of the molecule is Cc1cc(S(N)(=O)=O)ccc1NC(=O)COc1ccc(Cl)cc1C(=O)c1cc(Cl)cc(C#N)c1.Cc1ccnc2c1NC(=O)c1cccnc1N2C1CC1. The predicted octanol–water partition coefficient (Wildman–Crippen LogP) is 6.72. The molecule has 2 amide bonds. The summed E-state index contributed by atoms with van der Waals surface area (Å²) in [5.74, 6) is 0.459. The number of nitrogens with one attached hydrogen (secondary N) is 2. The van der Waals surface area contributed by atoms with Crippen molar-refractivity contribution in [3.8, 4) is 11.8 Å². The van der Waals surface area contributed by atoms with Gasteiger partial charge in [0.05, 0.1) is 33.3 Å². The lowest BCUT2D eigenvalue weighted by Gasteiger charge is -2.23. The lowest BCUT2D eigenvalue weighted by atomic mass is 10.0. The molecular weight excluding hydrogens is 753 g/mol. The monoisotopic (exact) mass is 783 g/mol. The number of aromatic nitrogens is 2. The molecule has 5 aromatic rings. The third kappa shape index (κ3) is 8.51. The second-order valence-electron chi connectivity index (χ2n) is 12.4. The van der Waals surface area contributed by atoms with Gasteiger partial charge < -0.3 is 20.3 Å². The number of nitriles is 1. The first-order chi connectivity index (χ1) is 25.7. The summed E-state index contributed by atoms with van der Waals surface area (Å²) >= 11 is 12.1. The summed E-state index contributed by atoms with van der Waals surface area (Å²) < 4.78 is 28.5. The average molecular weight is 785 g/mol. The van der Waals surface area contributed by atoms with Crippen molar-refractivity contribution >= 4 is 73.8 Å². The number of amides is 2. The molecule has 1 aliphatic carbocycles. The van der Waals surface area contributed by atoms with E-state index in [4.69, 9.17) is 38.3 Å². The van der Waals surface area contributed by atoms with Crippen LogP contribution >= 0.6 is 23.2 Å². The first-order valence-electron chi connectivity index (χ1n) is 16.4. The molecule has 4 N–H and O–H groups in total. The van der Waals surface area contributed by atoms with Crippen LogP contribution in [0.5, 0.6) is 5.75 Å². The highest BCUT2D eigenvalue weighted by Crippen LogP contribution is 2.43. The maximum Gasteiger partial charge on any atom is 0.262 e. The highest BCUT2D eigenvalue weighted by molar-refractivity contribution is 7.89. The van der Waals surface area contributed by atoms with Crippen LogP contribution in [0.2, 0.25) is 10.0 Å². The van der Waals surface area contributed by atoms with E-state index in [1.54, 1.807) is 25.4 Å². The van der Waals surface area contributed by atoms with E-state index in [1.165, 1.54) is 54.6 Å². The van der Waals surface area contributed by atoms with E-state index < -0.39 is 28.3 Å². The van der Waals surface area contributed by atoms with Crippen LogP contribution in [0.15, 0.2) is 90.1 Å². The van der Waals surface area contributed by atoms with Gasteiger partial charge in [0.1, 0.15) is 11.6 Å². The van der Waals surface area contributed by atoms with Gasteiger partial charge in [-0.2, -0.15) is 5.26 Å². The molecule has 1 aliphatic heterocycles. The largest absolute Gasteiger partial charge is 0.483 e. The van der Waals surface area contributed by atoms with E-state index in [9.17, 15) is 22.8 Å². The average Bonchev–Trinajstić information content (AvgIpc) is 3.99. The summed E-state index contributed by atoms with van der Waals surface area (Å²) in [6, 6.07) is 20.4. The van der Waals surface area contributed by atoms with Gasteiger partial charge in [-0.05, 0) is 111 Å². The summed E-state index contributed by atoms with van der Waals surface area (Å²) in [5, 5.41) is 20.3. The van der Waals surface area contributed by atoms with E-state index in [0.717, 1.165) is 29.9 Å². The lowest BCUT2D eigenvalue weighted by molar-refractivity contribution is -0.118. The molecule has 0 bridgehead atoms. The van der Waals surface area contributed by atoms with Crippen LogP contribution in [-0.4, -0.2) is 48.6 Å². The van der Waals surface area contributed by atoms with Crippen molar-refractivity contribution in [2.24, 2.45) is 5.14 Å². The first-order valence-corrected chi connectivity index (χ1v) is 18.7. The summed E-state index contributed by atoms with van der Waals surface area (Å²) in [4.78, 5) is 48.8. The van der Waals surface area contributed by atoms with E-state index in [0.29, 0.717) is 28.7 Å². The fraction of sp³-hybridized carbons (Fsp3) is 0.158. The standard InChI is InChI=1S/C23H17Cl2N3O5S.C15H14N4O/c1-13-6-18(34(27,31)32)3-4-20(13)28-22(29)12-33-21-5-2-16(24)10-19(21)23(30)15-7-14(11-26)8-17(25)9-15;1-9-6-8-17-14-12(9)18-15(20)11-3-2-7-16-13(11)19(14)10-4-5-10/h2-10H,12H2,1H3,(H,28,29)(H2,27,31,32);2-3,6-8,10H,4-5H2,1H3,(H,18,20). The van der Waals surface area contributed by atoms with Crippen molar-refractivity contribution in [1.29, 1.82) is 5.26 Å². The fourth-order valence-electron chi connectivity index (χ4n) is 5.64. The van der Waals surface area contributed by atoms with Gasteiger partial charge in [0.25, 0.3) is 11.8 Å². The second-order valence-corrected chi connectivity index (χ2v) is 14.9. The molecule has 1 saturated carbocycles. The number of primary sulfonamides is 1. The van der Waals surface area contributed by atoms with Crippen LogP contribution in [0.25, 0.3) is 0 Å². The normalized spacial score (nSPS) is 13.2. The zero-order valence-electron chi connectivity index (χ0n) is 28.8. The van der Waals surface area contributed by atoms with E-state index >= 15 is 0 Å². The summed E-state index contributed by atoms with van der Waals surface area (Å²) in [6.45, 7) is 3.15. The van der Waals surface area contributed by atoms with Gasteiger partial charge in [-0.3, -0.25) is 14.4 Å². The predicted molar refractivity (Wildman–Crippen MR) is 204 cm³/mol. The maximum atomic E-state index is 13.1. The van der Waals surface area contributed by atoms with Crippen molar-refractivity contribution in [2.45, 2.75) is 37.6 Å². The van der Waals surface area contributed by atoms with E-state index in [-0.39, 0.29) is 43.3 Å². The molecule has 0 radical (unpaired) electrons. The minimum absolute atomic E-state index is 0.0795. The Morgan fingerprint density at radius 1 is 0.981 bits per heavy atom. The Balaban J connectivity index is 0.000000209. The number of halogens is 2. The highest BCUT2D eigenvalue weighted by Gasteiger charge is 2.38. The number of ketones is 1. The number of benzene rings is 3. The van der Waals surface area contributed by atoms with Gasteiger partial charge in [0, 0.05) is 39.7 Å². The van der Waals surface area contributed by atoms with E-state index in [1.807, 2.05) is 25.1 Å². The van der Waals surface area contributed by atoms with Crippen LogP contribution in [-0.2, 0) is 14.8 Å². The fourth-order valence-corrected chi connectivity index (χ4v) is 6.64. The smallest absolute Gasteiger partial charge is 0.262 e. The Kier molecular flexibility index (Phi) is 11.0. The van der Waals surface area contributed by atoms with Crippen molar-refractivity contribution < 1.29 is 27.5 Å². The number of sulfonamides is 1. The number of carbonyl (C=O) groups is 3. The number of hydrogen-bond donors (Lipinski definition) is 3. The highest BCUT2D eigenvalue weighted by atomic mass is 35.5. The number of carbonyl (C=O) groups excluding carboxylic acids is 3. The Morgan fingerprint density at radius 3 is 2.44 bits per heavy atom. The number of aryl methyl sites for hydroxylation is 2. The Hall–Kier alpha value is -5.85. The van der Waals surface area contributed by atoms with Crippen LogP contribution in [0.1, 0.15) is 55.8 Å². The number of hydrogen-bond acceptors (Lipinski definition) is 10. The summed E-state index contributed by atoms with van der Waals surface area (Å²) in [6.07, 6.45) is 5.73. The number of rotatable bonds is 8. The molecular formula is C38H31Cl2N7O6S. The van der Waals surface area contributed by atoms with Crippen molar-refractivity contribution in [2.75, 3.05) is 22.1 Å². The topological polar surface area (TPSA) is 197 Å². The molecule has 3 aromatic carbocycles. The third-order valence-electron chi connectivity index (χ3n) is 8.41. The molecule has 0 saturated heterocycles. The van der Waals surface area contributed by atoms with Crippen molar-refractivity contribution in [1.82, 2.24) is 9.97 Å². The molecule has 0 unspecified atom stereocenters. The number of fused-ring (bicyclic) bond motifs is 2. The molecule has 3 heterocycles. The number of nitrogens with zero attached hydrogens (tertiary/aromatic N) is 4. The lowest BCUT2D eigenvalue weighted by Crippen LogP contribution is -2.22. The van der Waals surface area contributed by atoms with E-state index in [2.05, 4.69) is 25.5 Å². The number of anilines is 4. The number of pyridine rings is 2. The molecule has 2 aliphatic rings. The molecule has 54 heavy (non-hydrogen) atoms.